The Labute approximate surface area is 146 Å². The Morgan fingerprint density at radius 1 is 1.40 bits per heavy atom. The fraction of sp³-hybridized carbons (Fsp3) is 0.312. The van der Waals surface area contributed by atoms with E-state index >= 15 is 0 Å². The zero-order valence-electron chi connectivity index (χ0n) is 13.1. The highest BCUT2D eigenvalue weighted by Crippen LogP contribution is 2.28. The molecule has 1 atom stereocenters. The minimum atomic E-state index is -0.895. The van der Waals surface area contributed by atoms with Crippen molar-refractivity contribution >= 4 is 28.9 Å². The maximum atomic E-state index is 12.6. The Hall–Kier alpha value is -2.81. The Balaban J connectivity index is 1.79. The lowest BCUT2D eigenvalue weighted by Gasteiger charge is -2.30. The fourth-order valence-electron chi connectivity index (χ4n) is 2.78. The highest BCUT2D eigenvalue weighted by atomic mass is 32.1. The molecule has 8 nitrogen and oxygen atoms in total. The van der Waals surface area contributed by atoms with Crippen LogP contribution < -0.4 is 0 Å². The number of hydrogen-bond donors (Lipinski definition) is 1. The molecule has 1 N–H and O–H groups in total. The van der Waals surface area contributed by atoms with E-state index in [1.165, 1.54) is 28.4 Å². The third-order valence-electron chi connectivity index (χ3n) is 4.09. The molecule has 2 heterocycles. The summed E-state index contributed by atoms with van der Waals surface area (Å²) in [4.78, 5) is 39.9. The second-order valence-electron chi connectivity index (χ2n) is 5.77. The molecule has 0 spiro atoms. The number of thiazole rings is 1. The van der Waals surface area contributed by atoms with Crippen LogP contribution in [0.5, 0.6) is 0 Å². The minimum absolute atomic E-state index is 0.0408. The topological polar surface area (TPSA) is 114 Å². The molecule has 1 amide bonds. The number of nitro benzene ring substituents is 1. The number of hydrogen-bond acceptors (Lipinski definition) is 6. The van der Waals surface area contributed by atoms with Crippen LogP contribution in [0, 0.1) is 16.0 Å². The van der Waals surface area contributed by atoms with E-state index in [2.05, 4.69) is 4.98 Å². The van der Waals surface area contributed by atoms with Gasteiger partial charge in [-0.1, -0.05) is 12.1 Å². The van der Waals surface area contributed by atoms with Gasteiger partial charge in [0.2, 0.25) is 0 Å². The lowest BCUT2D eigenvalue weighted by molar-refractivity contribution is -0.384. The molecular formula is C16H15N3O5S. The van der Waals surface area contributed by atoms with Crippen LogP contribution in [0.15, 0.2) is 29.6 Å². The number of carboxylic acid groups (broad SMARTS) is 1. The standard InChI is InChI=1S/C16H15N3O5S/c20-15(18-6-2-4-11(8-18)16(21)22)13-9-25-14(17-13)10-3-1-5-12(7-10)19(23)24/h1,3,5,7,9,11H,2,4,6,8H2,(H,21,22)/t11-/m0/s1. The summed E-state index contributed by atoms with van der Waals surface area (Å²) < 4.78 is 0. The van der Waals surface area contributed by atoms with Gasteiger partial charge in [-0.25, -0.2) is 4.98 Å². The highest BCUT2D eigenvalue weighted by Gasteiger charge is 2.29. The Kier molecular flexibility index (Phi) is 4.75. The van der Waals surface area contributed by atoms with Crippen molar-refractivity contribution in [3.05, 3.63) is 45.5 Å². The zero-order chi connectivity index (χ0) is 18.0. The molecule has 0 radical (unpaired) electrons. The lowest BCUT2D eigenvalue weighted by Crippen LogP contribution is -2.42. The van der Waals surface area contributed by atoms with Crippen LogP contribution in [-0.2, 0) is 4.79 Å². The molecule has 0 saturated carbocycles. The van der Waals surface area contributed by atoms with Crippen molar-refractivity contribution < 1.29 is 19.6 Å². The summed E-state index contributed by atoms with van der Waals surface area (Å²) in [6.45, 7) is 0.685. The molecule has 1 aliphatic rings. The van der Waals surface area contributed by atoms with Gasteiger partial charge in [-0.3, -0.25) is 19.7 Å². The minimum Gasteiger partial charge on any atom is -0.481 e. The van der Waals surface area contributed by atoms with Gasteiger partial charge in [0.1, 0.15) is 10.7 Å². The van der Waals surface area contributed by atoms with E-state index < -0.39 is 16.8 Å². The van der Waals surface area contributed by atoms with Gasteiger partial charge in [0.25, 0.3) is 11.6 Å². The molecule has 25 heavy (non-hydrogen) atoms. The number of likely N-dealkylation sites (tertiary alicyclic amines) is 1. The van der Waals surface area contributed by atoms with Crippen LogP contribution in [0.25, 0.3) is 10.6 Å². The summed E-state index contributed by atoms with van der Waals surface area (Å²) in [5, 5.41) is 22.1. The number of benzene rings is 1. The number of carbonyl (C=O) groups excluding carboxylic acids is 1. The normalized spacial score (nSPS) is 17.3. The first-order chi connectivity index (χ1) is 12.0. The summed E-state index contributed by atoms with van der Waals surface area (Å²) >= 11 is 1.22. The van der Waals surface area contributed by atoms with Crippen LogP contribution >= 0.6 is 11.3 Å². The highest BCUT2D eigenvalue weighted by molar-refractivity contribution is 7.13. The number of carboxylic acids is 1. The number of piperidine rings is 1. The predicted molar refractivity (Wildman–Crippen MR) is 90.5 cm³/mol. The van der Waals surface area contributed by atoms with Crippen molar-refractivity contribution in [3.63, 3.8) is 0 Å². The summed E-state index contributed by atoms with van der Waals surface area (Å²) in [5.74, 6) is -1.75. The van der Waals surface area contributed by atoms with E-state index in [4.69, 9.17) is 5.11 Å². The van der Waals surface area contributed by atoms with Gasteiger partial charge in [-0.15, -0.1) is 11.3 Å². The van der Waals surface area contributed by atoms with Gasteiger partial charge < -0.3 is 10.0 Å². The maximum absolute atomic E-state index is 12.6. The van der Waals surface area contributed by atoms with Crippen LogP contribution in [0.2, 0.25) is 0 Å². The first-order valence-electron chi connectivity index (χ1n) is 7.68. The molecule has 0 bridgehead atoms. The number of aliphatic carboxylic acids is 1. The molecule has 0 aliphatic carbocycles. The molecule has 1 aromatic carbocycles. The number of amides is 1. The van der Waals surface area contributed by atoms with Gasteiger partial charge in [-0.2, -0.15) is 0 Å². The third-order valence-corrected chi connectivity index (χ3v) is 4.98. The van der Waals surface area contributed by atoms with Crippen LogP contribution in [0.1, 0.15) is 23.3 Å². The number of nitro groups is 1. The van der Waals surface area contributed by atoms with E-state index in [1.807, 2.05) is 0 Å². The Bertz CT molecular complexity index is 835. The van der Waals surface area contributed by atoms with Crippen molar-refractivity contribution in [1.82, 2.24) is 9.88 Å². The van der Waals surface area contributed by atoms with Crippen LogP contribution in [0.4, 0.5) is 5.69 Å². The SMILES string of the molecule is O=C(O)[C@H]1CCCN(C(=O)c2csc(-c3cccc([N+](=O)[O-])c3)n2)C1. The molecule has 130 valence electrons. The fourth-order valence-corrected chi connectivity index (χ4v) is 3.57. The van der Waals surface area contributed by atoms with Crippen molar-refractivity contribution in [1.29, 1.82) is 0 Å². The lowest BCUT2D eigenvalue weighted by atomic mass is 9.98. The van der Waals surface area contributed by atoms with Gasteiger partial charge in [0, 0.05) is 36.2 Å². The van der Waals surface area contributed by atoms with Gasteiger partial charge in [-0.05, 0) is 12.8 Å². The first-order valence-corrected chi connectivity index (χ1v) is 8.56. The summed E-state index contributed by atoms with van der Waals surface area (Å²) in [6, 6.07) is 6.07. The van der Waals surface area contributed by atoms with Crippen LogP contribution in [0.3, 0.4) is 0 Å². The summed E-state index contributed by atoms with van der Waals surface area (Å²) in [7, 11) is 0. The summed E-state index contributed by atoms with van der Waals surface area (Å²) in [6.07, 6.45) is 1.21. The van der Waals surface area contributed by atoms with Crippen molar-refractivity contribution in [2.45, 2.75) is 12.8 Å². The molecule has 1 aromatic heterocycles. The predicted octanol–water partition coefficient (Wildman–Crippen LogP) is 2.66. The maximum Gasteiger partial charge on any atom is 0.308 e. The van der Waals surface area contributed by atoms with Gasteiger partial charge in [0.15, 0.2) is 0 Å². The molecule has 2 aromatic rings. The molecule has 9 heteroatoms. The van der Waals surface area contributed by atoms with Gasteiger partial charge in [0.05, 0.1) is 10.8 Å². The second kappa shape index (κ2) is 6.98. The van der Waals surface area contributed by atoms with Crippen molar-refractivity contribution in [3.8, 4) is 10.6 Å². The molecule has 1 fully saturated rings. The monoisotopic (exact) mass is 361 g/mol. The van der Waals surface area contributed by atoms with E-state index in [0.717, 1.165) is 0 Å². The summed E-state index contributed by atoms with van der Waals surface area (Å²) in [5.41, 5.74) is 0.763. The van der Waals surface area contributed by atoms with E-state index in [1.54, 1.807) is 17.5 Å². The number of carbonyl (C=O) groups is 2. The van der Waals surface area contributed by atoms with Gasteiger partial charge >= 0.3 is 5.97 Å². The molecule has 1 saturated heterocycles. The average molecular weight is 361 g/mol. The number of non-ortho nitro benzene ring substituents is 1. The van der Waals surface area contributed by atoms with E-state index in [-0.39, 0.29) is 23.8 Å². The largest absolute Gasteiger partial charge is 0.481 e. The third kappa shape index (κ3) is 3.66. The molecule has 0 unspecified atom stereocenters. The first kappa shape index (κ1) is 17.0. The second-order valence-corrected chi connectivity index (χ2v) is 6.63. The number of nitrogens with zero attached hydrogens (tertiary/aromatic N) is 3. The molecule has 3 rings (SSSR count). The Morgan fingerprint density at radius 3 is 2.92 bits per heavy atom. The number of aromatic nitrogens is 1. The average Bonchev–Trinajstić information content (AvgIpc) is 3.11. The smallest absolute Gasteiger partial charge is 0.308 e. The number of rotatable bonds is 4. The van der Waals surface area contributed by atoms with E-state index in [9.17, 15) is 19.7 Å². The quantitative estimate of drug-likeness (QED) is 0.661. The van der Waals surface area contributed by atoms with Crippen LogP contribution in [-0.4, -0.2) is 44.9 Å². The molecular weight excluding hydrogens is 346 g/mol. The van der Waals surface area contributed by atoms with Crippen molar-refractivity contribution in [2.75, 3.05) is 13.1 Å². The van der Waals surface area contributed by atoms with Crippen molar-refractivity contribution in [2.24, 2.45) is 5.92 Å². The molecule has 1 aliphatic heterocycles. The van der Waals surface area contributed by atoms with E-state index in [0.29, 0.717) is 30.0 Å². The zero-order valence-corrected chi connectivity index (χ0v) is 13.9. The Morgan fingerprint density at radius 2 is 2.20 bits per heavy atom.